The quantitative estimate of drug-likeness (QED) is 0.765. The van der Waals surface area contributed by atoms with Gasteiger partial charge in [0, 0.05) is 18.4 Å². The number of ether oxygens (including phenoxy) is 2. The van der Waals surface area contributed by atoms with Crippen molar-refractivity contribution in [3.63, 3.8) is 0 Å². The number of rotatable bonds is 7. The molecule has 0 spiro atoms. The third-order valence-electron chi connectivity index (χ3n) is 4.61. The van der Waals surface area contributed by atoms with Crippen LogP contribution in [0.25, 0.3) is 11.3 Å². The number of pyridine rings is 1. The fourth-order valence-electron chi connectivity index (χ4n) is 2.98. The molecule has 1 aromatic carbocycles. The predicted molar refractivity (Wildman–Crippen MR) is 105 cm³/mol. The van der Waals surface area contributed by atoms with Gasteiger partial charge in [0.1, 0.15) is 24.5 Å². The normalized spacial score (nSPS) is 19.7. The topological polar surface area (TPSA) is 101 Å². The standard InChI is InChI=1S/C20H23N3O4S/c1-2-28(24,25)23-19-4-3-11-26-20(19)14-27-17-8-6-16(7-9-17)18-10-5-15(12-21)13-22-18/h5-10,13,19-20,23H,2-4,11,14H2,1H3. The maximum atomic E-state index is 11.9. The second-order valence-electron chi connectivity index (χ2n) is 6.56. The third-order valence-corrected chi connectivity index (χ3v) is 6.03. The number of aromatic nitrogens is 1. The first kappa shape index (κ1) is 20.3. The zero-order valence-electron chi connectivity index (χ0n) is 15.7. The molecule has 3 rings (SSSR count). The Morgan fingerprint density at radius 1 is 1.29 bits per heavy atom. The summed E-state index contributed by atoms with van der Waals surface area (Å²) in [5.41, 5.74) is 2.21. The van der Waals surface area contributed by atoms with E-state index in [1.807, 2.05) is 30.3 Å². The third kappa shape index (κ3) is 5.29. The Bertz CT molecular complexity index is 921. The van der Waals surface area contributed by atoms with Crippen LogP contribution in [0.4, 0.5) is 0 Å². The zero-order valence-corrected chi connectivity index (χ0v) is 16.5. The molecule has 2 atom stereocenters. The number of nitrogens with one attached hydrogen (secondary N) is 1. The number of hydrogen-bond acceptors (Lipinski definition) is 6. The van der Waals surface area contributed by atoms with Crippen molar-refractivity contribution in [3.05, 3.63) is 48.2 Å². The van der Waals surface area contributed by atoms with E-state index in [4.69, 9.17) is 14.7 Å². The highest BCUT2D eigenvalue weighted by atomic mass is 32.2. The summed E-state index contributed by atoms with van der Waals surface area (Å²) in [5, 5.41) is 8.84. The summed E-state index contributed by atoms with van der Waals surface area (Å²) in [5.74, 6) is 0.714. The van der Waals surface area contributed by atoms with Crippen LogP contribution >= 0.6 is 0 Å². The fourth-order valence-corrected chi connectivity index (χ4v) is 3.88. The van der Waals surface area contributed by atoms with Crippen LogP contribution in [0.15, 0.2) is 42.6 Å². The van der Waals surface area contributed by atoms with Crippen LogP contribution in [0.1, 0.15) is 25.3 Å². The summed E-state index contributed by atoms with van der Waals surface area (Å²) in [6, 6.07) is 12.8. The van der Waals surface area contributed by atoms with Gasteiger partial charge >= 0.3 is 0 Å². The minimum absolute atomic E-state index is 0.0436. The molecular formula is C20H23N3O4S. The van der Waals surface area contributed by atoms with Crippen LogP contribution in [-0.4, -0.2) is 44.5 Å². The Morgan fingerprint density at radius 2 is 2.07 bits per heavy atom. The average molecular weight is 401 g/mol. The largest absolute Gasteiger partial charge is 0.491 e. The second-order valence-corrected chi connectivity index (χ2v) is 8.60. The second kappa shape index (κ2) is 9.15. The Balaban J connectivity index is 1.61. The van der Waals surface area contributed by atoms with Crippen molar-refractivity contribution in [2.24, 2.45) is 0 Å². The molecule has 0 saturated carbocycles. The van der Waals surface area contributed by atoms with E-state index in [9.17, 15) is 8.42 Å². The first-order valence-electron chi connectivity index (χ1n) is 9.22. The van der Waals surface area contributed by atoms with E-state index in [1.54, 1.807) is 19.1 Å². The molecule has 8 heteroatoms. The summed E-state index contributed by atoms with van der Waals surface area (Å²) in [4.78, 5) is 4.27. The van der Waals surface area contributed by atoms with Gasteiger partial charge in [-0.25, -0.2) is 13.1 Å². The number of hydrogen-bond donors (Lipinski definition) is 1. The molecule has 0 amide bonds. The van der Waals surface area contributed by atoms with E-state index in [0.29, 0.717) is 17.9 Å². The van der Waals surface area contributed by atoms with E-state index < -0.39 is 10.0 Å². The molecule has 28 heavy (non-hydrogen) atoms. The van der Waals surface area contributed by atoms with Gasteiger partial charge in [0.2, 0.25) is 10.0 Å². The maximum Gasteiger partial charge on any atom is 0.211 e. The van der Waals surface area contributed by atoms with Gasteiger partial charge in [-0.05, 0) is 56.2 Å². The SMILES string of the molecule is CCS(=O)(=O)NC1CCCOC1COc1ccc(-c2ccc(C#N)cn2)cc1. The summed E-state index contributed by atoms with van der Waals surface area (Å²) >= 11 is 0. The molecule has 1 saturated heterocycles. The summed E-state index contributed by atoms with van der Waals surface area (Å²) < 4.78 is 38.0. The molecule has 148 valence electrons. The van der Waals surface area contributed by atoms with Gasteiger partial charge in [0.25, 0.3) is 0 Å². The monoisotopic (exact) mass is 401 g/mol. The number of sulfonamides is 1. The first-order chi connectivity index (χ1) is 13.5. The van der Waals surface area contributed by atoms with Crippen molar-refractivity contribution in [3.8, 4) is 23.1 Å². The van der Waals surface area contributed by atoms with Crippen LogP contribution in [0.5, 0.6) is 5.75 Å². The Labute approximate surface area is 165 Å². The summed E-state index contributed by atoms with van der Waals surface area (Å²) in [6.07, 6.45) is 2.77. The highest BCUT2D eigenvalue weighted by molar-refractivity contribution is 7.89. The van der Waals surface area contributed by atoms with Gasteiger partial charge in [-0.15, -0.1) is 0 Å². The summed E-state index contributed by atoms with van der Waals surface area (Å²) in [6.45, 7) is 2.48. The van der Waals surface area contributed by atoms with Crippen molar-refractivity contribution in [2.75, 3.05) is 19.0 Å². The van der Waals surface area contributed by atoms with E-state index in [2.05, 4.69) is 9.71 Å². The molecule has 0 radical (unpaired) electrons. The minimum Gasteiger partial charge on any atom is -0.491 e. The minimum atomic E-state index is -3.29. The molecular weight excluding hydrogens is 378 g/mol. The lowest BCUT2D eigenvalue weighted by atomic mass is 10.0. The number of benzene rings is 1. The average Bonchev–Trinajstić information content (AvgIpc) is 2.73. The molecule has 2 heterocycles. The maximum absolute atomic E-state index is 11.9. The van der Waals surface area contributed by atoms with E-state index >= 15 is 0 Å². The van der Waals surface area contributed by atoms with E-state index in [-0.39, 0.29) is 24.5 Å². The molecule has 0 aliphatic carbocycles. The van der Waals surface area contributed by atoms with Gasteiger partial charge in [-0.3, -0.25) is 4.98 Å². The Hall–Kier alpha value is -2.47. The molecule has 1 N–H and O–H groups in total. The molecule has 1 aliphatic heterocycles. The van der Waals surface area contributed by atoms with Crippen LogP contribution < -0.4 is 9.46 Å². The van der Waals surface area contributed by atoms with Crippen molar-refractivity contribution >= 4 is 10.0 Å². The lowest BCUT2D eigenvalue weighted by molar-refractivity contribution is -0.0279. The highest BCUT2D eigenvalue weighted by Crippen LogP contribution is 2.22. The van der Waals surface area contributed by atoms with Crippen LogP contribution in [0.2, 0.25) is 0 Å². The van der Waals surface area contributed by atoms with Crippen LogP contribution in [-0.2, 0) is 14.8 Å². The van der Waals surface area contributed by atoms with Crippen LogP contribution in [0, 0.1) is 11.3 Å². The molecule has 1 fully saturated rings. The number of nitrogens with zero attached hydrogens (tertiary/aromatic N) is 2. The van der Waals surface area contributed by atoms with Gasteiger partial charge in [0.05, 0.1) is 23.1 Å². The lowest BCUT2D eigenvalue weighted by Crippen LogP contribution is -2.49. The molecule has 2 unspecified atom stereocenters. The van der Waals surface area contributed by atoms with Gasteiger partial charge in [-0.1, -0.05) is 0 Å². The van der Waals surface area contributed by atoms with E-state index in [0.717, 1.165) is 24.1 Å². The molecule has 2 aromatic rings. The van der Waals surface area contributed by atoms with Crippen molar-refractivity contribution < 1.29 is 17.9 Å². The lowest BCUT2D eigenvalue weighted by Gasteiger charge is -2.31. The molecule has 0 bridgehead atoms. The van der Waals surface area contributed by atoms with Gasteiger partial charge < -0.3 is 9.47 Å². The van der Waals surface area contributed by atoms with Gasteiger partial charge in [-0.2, -0.15) is 5.26 Å². The highest BCUT2D eigenvalue weighted by Gasteiger charge is 2.29. The van der Waals surface area contributed by atoms with Crippen molar-refractivity contribution in [2.45, 2.75) is 31.9 Å². The predicted octanol–water partition coefficient (Wildman–Crippen LogP) is 2.49. The van der Waals surface area contributed by atoms with Crippen molar-refractivity contribution in [1.29, 1.82) is 5.26 Å². The van der Waals surface area contributed by atoms with Crippen molar-refractivity contribution in [1.82, 2.24) is 9.71 Å². The molecule has 1 aliphatic rings. The van der Waals surface area contributed by atoms with E-state index in [1.165, 1.54) is 6.20 Å². The number of nitriles is 1. The smallest absolute Gasteiger partial charge is 0.211 e. The molecule has 7 nitrogen and oxygen atoms in total. The van der Waals surface area contributed by atoms with Gasteiger partial charge in [0.15, 0.2) is 0 Å². The Morgan fingerprint density at radius 3 is 2.71 bits per heavy atom. The first-order valence-corrected chi connectivity index (χ1v) is 10.9. The Kier molecular flexibility index (Phi) is 6.62. The zero-order chi connectivity index (χ0) is 20.0. The van der Waals surface area contributed by atoms with Crippen LogP contribution in [0.3, 0.4) is 0 Å². The summed E-state index contributed by atoms with van der Waals surface area (Å²) in [7, 11) is -3.29. The molecule has 1 aromatic heterocycles. The fraction of sp³-hybridized carbons (Fsp3) is 0.400.